The summed E-state index contributed by atoms with van der Waals surface area (Å²) in [5.41, 5.74) is 4.74. The number of nitrogens with one attached hydrogen (secondary N) is 2. The van der Waals surface area contributed by atoms with Gasteiger partial charge in [-0.3, -0.25) is 0 Å². The van der Waals surface area contributed by atoms with Gasteiger partial charge in [-0.05, 0) is 92.1 Å². The summed E-state index contributed by atoms with van der Waals surface area (Å²) >= 11 is 0. The summed E-state index contributed by atoms with van der Waals surface area (Å²) in [6.07, 6.45) is 8.78. The lowest BCUT2D eigenvalue weighted by molar-refractivity contribution is -0.657. The smallest absolute Gasteiger partial charge is 0.421 e. The van der Waals surface area contributed by atoms with E-state index in [1.54, 1.807) is 38.1 Å². The average molecular weight is 815 g/mol. The molecule has 0 saturated carbocycles. The maximum atomic E-state index is 10.5. The van der Waals surface area contributed by atoms with Crippen molar-refractivity contribution >= 4 is 54.9 Å². The number of nitrogens with zero attached hydrogens (tertiary/aromatic N) is 8. The third-order valence-electron chi connectivity index (χ3n) is 8.27. The van der Waals surface area contributed by atoms with Crippen LogP contribution in [0, 0.1) is 13.8 Å². The van der Waals surface area contributed by atoms with Gasteiger partial charge in [-0.2, -0.15) is 0 Å². The number of anilines is 2. The van der Waals surface area contributed by atoms with E-state index in [1.807, 2.05) is 120 Å². The molecule has 0 bridgehead atoms. The summed E-state index contributed by atoms with van der Waals surface area (Å²) in [6, 6.07) is 28.1. The van der Waals surface area contributed by atoms with Crippen LogP contribution in [-0.4, -0.2) is 48.2 Å². The molecule has 0 saturated heterocycles. The summed E-state index contributed by atoms with van der Waals surface area (Å²) in [5, 5.41) is 24.2. The molecular weight excluding hydrogens is 769 g/mol. The molecule has 0 atom stereocenters. The first kappa shape index (κ1) is 43.6. The van der Waals surface area contributed by atoms with Gasteiger partial charge in [0.25, 0.3) is 0 Å². The largest absolute Gasteiger partial charge is 0.744 e. The molecule has 57 heavy (non-hydrogen) atoms. The molecule has 0 unspecified atom stereocenters. The standard InChI is InChI=1S/C25H30N10.2C7H8O3S/c1-32-16-17-33(2)24(32)30-28-22-10-6-20(7-11-22)26-14-5-15-27-21-8-12-23(13-9-21)29-31-25-34(3)18-19-35(25)4;2*1-6-4-2-3-5-7(6)11(8,9)10/h6-13,16-19H,5,14-15H2,1-4H3;2*2-5H,1H3,(H,8,9,10). The Morgan fingerprint density at radius 1 is 0.561 bits per heavy atom. The molecule has 0 aliphatic rings. The van der Waals surface area contributed by atoms with Crippen molar-refractivity contribution in [3.63, 3.8) is 0 Å². The lowest BCUT2D eigenvalue weighted by Gasteiger charge is -2.08. The van der Waals surface area contributed by atoms with Gasteiger partial charge in [-0.25, -0.2) is 35.1 Å². The van der Waals surface area contributed by atoms with E-state index < -0.39 is 20.2 Å². The number of hydrogen-bond donors (Lipinski definition) is 2. The first-order valence-electron chi connectivity index (χ1n) is 17.6. The molecule has 300 valence electrons. The van der Waals surface area contributed by atoms with Crippen LogP contribution in [0.5, 0.6) is 0 Å². The van der Waals surface area contributed by atoms with Gasteiger partial charge in [0, 0.05) is 34.7 Å². The molecule has 4 aromatic carbocycles. The Labute approximate surface area is 333 Å². The van der Waals surface area contributed by atoms with Crippen molar-refractivity contribution in [3.05, 3.63) is 133 Å². The van der Waals surface area contributed by atoms with Crippen LogP contribution in [0.1, 0.15) is 17.5 Å². The van der Waals surface area contributed by atoms with Gasteiger partial charge >= 0.3 is 11.9 Å². The fourth-order valence-corrected chi connectivity index (χ4v) is 6.59. The molecule has 6 rings (SSSR count). The number of benzene rings is 4. The lowest BCUT2D eigenvalue weighted by Crippen LogP contribution is -2.25. The Balaban J connectivity index is 0.000000265. The predicted molar refractivity (Wildman–Crippen MR) is 214 cm³/mol. The van der Waals surface area contributed by atoms with Crippen LogP contribution in [-0.2, 0) is 48.4 Å². The van der Waals surface area contributed by atoms with Crippen LogP contribution >= 0.6 is 0 Å². The summed E-state index contributed by atoms with van der Waals surface area (Å²) < 4.78 is 70.7. The zero-order chi connectivity index (χ0) is 41.6. The van der Waals surface area contributed by atoms with E-state index in [1.165, 1.54) is 24.3 Å². The Bertz CT molecular complexity index is 2300. The number of aromatic nitrogens is 4. The van der Waals surface area contributed by atoms with Crippen molar-refractivity contribution in [2.24, 2.45) is 48.6 Å². The summed E-state index contributed by atoms with van der Waals surface area (Å²) in [7, 11) is -0.771. The third kappa shape index (κ3) is 13.6. The van der Waals surface area contributed by atoms with E-state index in [4.69, 9.17) is 0 Å². The Hall–Kier alpha value is -6.08. The minimum absolute atomic E-state index is 0.139. The van der Waals surface area contributed by atoms with Crippen molar-refractivity contribution in [2.45, 2.75) is 30.1 Å². The zero-order valence-corrected chi connectivity index (χ0v) is 34.1. The van der Waals surface area contributed by atoms with Crippen molar-refractivity contribution in [1.29, 1.82) is 0 Å². The fourth-order valence-electron chi connectivity index (χ4n) is 5.17. The summed E-state index contributed by atoms with van der Waals surface area (Å²) in [6.45, 7) is 4.91. The van der Waals surface area contributed by atoms with Crippen LogP contribution in [0.25, 0.3) is 0 Å². The van der Waals surface area contributed by atoms with E-state index in [-0.39, 0.29) is 9.79 Å². The second-order valence-corrected chi connectivity index (χ2v) is 15.5. The SMILES string of the molecule is Cc1ccccc1S(=O)(=O)[O-].Cc1ccccc1S(=O)(=O)[O-].Cn1cc[n+](C)c1N=Nc1ccc(NCCCNc2ccc(N=Nc3n(C)cc[n+]3C)cc2)cc1. The molecule has 6 aromatic rings. The first-order valence-corrected chi connectivity index (χ1v) is 20.4. The van der Waals surface area contributed by atoms with E-state index in [2.05, 4.69) is 31.1 Å². The molecule has 0 spiro atoms. The van der Waals surface area contributed by atoms with E-state index in [0.717, 1.165) is 54.2 Å². The lowest BCUT2D eigenvalue weighted by atomic mass is 10.2. The Morgan fingerprint density at radius 2 is 0.912 bits per heavy atom. The van der Waals surface area contributed by atoms with Crippen molar-refractivity contribution in [2.75, 3.05) is 23.7 Å². The highest BCUT2D eigenvalue weighted by atomic mass is 32.2. The van der Waals surface area contributed by atoms with Crippen LogP contribution in [0.4, 0.5) is 34.6 Å². The monoisotopic (exact) mass is 814 g/mol. The number of imidazole rings is 2. The molecular formula is C39H46N10O6S2. The minimum atomic E-state index is -4.28. The summed E-state index contributed by atoms with van der Waals surface area (Å²) in [4.78, 5) is -0.278. The van der Waals surface area contributed by atoms with E-state index in [9.17, 15) is 25.9 Å². The van der Waals surface area contributed by atoms with Crippen LogP contribution in [0.2, 0.25) is 0 Å². The van der Waals surface area contributed by atoms with Gasteiger partial charge in [-0.1, -0.05) is 46.6 Å². The molecule has 18 heteroatoms. The maximum absolute atomic E-state index is 10.5. The van der Waals surface area contributed by atoms with E-state index >= 15 is 0 Å². The second-order valence-electron chi connectivity index (χ2n) is 12.8. The molecule has 0 aliphatic heterocycles. The van der Waals surface area contributed by atoms with Crippen molar-refractivity contribution in [3.8, 4) is 0 Å². The van der Waals surface area contributed by atoms with Gasteiger partial charge in [0.05, 0.1) is 62.8 Å². The molecule has 2 heterocycles. The molecule has 0 aliphatic carbocycles. The van der Waals surface area contributed by atoms with Gasteiger partial charge in [0.15, 0.2) is 0 Å². The molecule has 0 amide bonds. The minimum Gasteiger partial charge on any atom is -0.744 e. The number of hydrogen-bond acceptors (Lipinski definition) is 12. The third-order valence-corrected chi connectivity index (χ3v) is 10.3. The zero-order valence-electron chi connectivity index (χ0n) is 32.5. The predicted octanol–water partition coefficient (Wildman–Crippen LogP) is 6.56. The van der Waals surface area contributed by atoms with Gasteiger partial charge < -0.3 is 19.7 Å². The number of aryl methyl sites for hydroxylation is 6. The molecule has 0 radical (unpaired) electrons. The molecule has 2 N–H and O–H groups in total. The van der Waals surface area contributed by atoms with E-state index in [0.29, 0.717) is 11.1 Å². The van der Waals surface area contributed by atoms with Crippen LogP contribution in [0.3, 0.4) is 0 Å². The Morgan fingerprint density at radius 3 is 1.19 bits per heavy atom. The maximum Gasteiger partial charge on any atom is 0.421 e. The van der Waals surface area contributed by atoms with Crippen molar-refractivity contribution < 1.29 is 35.1 Å². The van der Waals surface area contributed by atoms with Crippen molar-refractivity contribution in [1.82, 2.24) is 9.13 Å². The second kappa shape index (κ2) is 20.2. The highest BCUT2D eigenvalue weighted by Gasteiger charge is 2.11. The van der Waals surface area contributed by atoms with Gasteiger partial charge in [-0.15, -0.1) is 0 Å². The van der Waals surface area contributed by atoms with Gasteiger partial charge in [0.1, 0.15) is 31.6 Å². The Kier molecular flexibility index (Phi) is 15.5. The highest BCUT2D eigenvalue weighted by Crippen LogP contribution is 2.20. The molecule has 16 nitrogen and oxygen atoms in total. The quantitative estimate of drug-likeness (QED) is 0.0598. The van der Waals surface area contributed by atoms with Crippen LogP contribution in [0.15, 0.2) is 152 Å². The summed E-state index contributed by atoms with van der Waals surface area (Å²) in [5.74, 6) is 1.58. The molecule has 2 aromatic heterocycles. The van der Waals surface area contributed by atoms with Gasteiger partial charge in [0.2, 0.25) is 0 Å². The average Bonchev–Trinajstić information content (AvgIpc) is 3.67. The topological polar surface area (TPSA) is 206 Å². The number of rotatable bonds is 12. The normalized spacial score (nSPS) is 11.5. The first-order chi connectivity index (χ1) is 27.0. The highest BCUT2D eigenvalue weighted by molar-refractivity contribution is 7.86. The number of azo groups is 2. The molecule has 0 fully saturated rings. The van der Waals surface area contributed by atoms with Crippen LogP contribution < -0.4 is 19.8 Å². The fraction of sp³-hybridized carbons (Fsp3) is 0.231.